The molecule has 8 heteroatoms. The summed E-state index contributed by atoms with van der Waals surface area (Å²) in [6.45, 7) is 1.83. The van der Waals surface area contributed by atoms with Gasteiger partial charge in [-0.05, 0) is 55.0 Å². The highest BCUT2D eigenvalue weighted by Crippen LogP contribution is 2.40. The summed E-state index contributed by atoms with van der Waals surface area (Å²) < 4.78 is 0. The number of benzene rings is 1. The van der Waals surface area contributed by atoms with Crippen molar-refractivity contribution in [2.24, 2.45) is 0 Å². The molecule has 0 fully saturated rings. The molecule has 2 aromatic heterocycles. The third-order valence-electron chi connectivity index (χ3n) is 5.03. The second-order valence-electron chi connectivity index (χ2n) is 6.89. The number of hydrogen-bond acceptors (Lipinski definition) is 4. The van der Waals surface area contributed by atoms with Crippen LogP contribution in [-0.4, -0.2) is 35.1 Å². The van der Waals surface area contributed by atoms with Gasteiger partial charge in [-0.3, -0.25) is 0 Å². The van der Waals surface area contributed by atoms with Crippen molar-refractivity contribution < 1.29 is 0 Å². The Morgan fingerprint density at radius 3 is 2.89 bits per heavy atom. The minimum atomic E-state index is 0.449. The first-order valence-corrected chi connectivity index (χ1v) is 10.1. The fourth-order valence-electron chi connectivity index (χ4n) is 3.65. The highest BCUT2D eigenvalue weighted by atomic mass is 35.5. The molecule has 1 aliphatic rings. The molecule has 0 amide bonds. The summed E-state index contributed by atoms with van der Waals surface area (Å²) in [6, 6.07) is 7.50. The number of fused-ring (bicyclic) bond motifs is 2. The molecule has 0 bridgehead atoms. The van der Waals surface area contributed by atoms with E-state index in [2.05, 4.69) is 25.2 Å². The summed E-state index contributed by atoms with van der Waals surface area (Å²) in [7, 11) is 2.03. The fourth-order valence-corrected chi connectivity index (χ4v) is 4.37. The summed E-state index contributed by atoms with van der Waals surface area (Å²) in [6.07, 6.45) is 3.19. The maximum Gasteiger partial charge on any atom is 0.205 e. The highest BCUT2D eigenvalue weighted by Gasteiger charge is 2.22. The number of pyridine rings is 1. The lowest BCUT2D eigenvalue weighted by molar-refractivity contribution is 0.553. The predicted octanol–water partition coefficient (Wildman–Crippen LogP) is 5.73. The number of anilines is 2. The van der Waals surface area contributed by atoms with E-state index >= 15 is 0 Å². The van der Waals surface area contributed by atoms with Crippen LogP contribution in [0.1, 0.15) is 30.7 Å². The van der Waals surface area contributed by atoms with Gasteiger partial charge in [0.15, 0.2) is 5.65 Å². The van der Waals surface area contributed by atoms with Crippen LogP contribution in [0.25, 0.3) is 11.2 Å². The van der Waals surface area contributed by atoms with Gasteiger partial charge in [-0.1, -0.05) is 34.8 Å². The van der Waals surface area contributed by atoms with Gasteiger partial charge in [0.1, 0.15) is 5.15 Å². The zero-order chi connectivity index (χ0) is 19.0. The van der Waals surface area contributed by atoms with Gasteiger partial charge in [-0.25, -0.2) is 4.98 Å². The molecular formula is C19H20Cl3N5. The number of rotatable bonds is 5. The standard InChI is InChI=1S/C19H20Cl3N5/c1-27(19-24-15-4-5-16(22)25-18(15)26-19)8-2-3-11-6-7-23-17-13(11)9-12(20)10-14(17)21/h4-5,9-11,23H,2-3,6-8H2,1H3,(H,24,25,26)/t11-/m1/s1. The third kappa shape index (κ3) is 3.96. The van der Waals surface area contributed by atoms with Crippen LogP contribution in [0, 0.1) is 0 Å². The molecule has 0 radical (unpaired) electrons. The number of aromatic nitrogens is 3. The van der Waals surface area contributed by atoms with Crippen LogP contribution in [0.3, 0.4) is 0 Å². The van der Waals surface area contributed by atoms with E-state index in [1.165, 1.54) is 5.56 Å². The quantitative estimate of drug-likeness (QED) is 0.513. The first-order chi connectivity index (χ1) is 13.0. The molecule has 0 spiro atoms. The van der Waals surface area contributed by atoms with Crippen LogP contribution in [-0.2, 0) is 0 Å². The largest absolute Gasteiger partial charge is 0.384 e. The molecule has 1 atom stereocenters. The molecule has 27 heavy (non-hydrogen) atoms. The van der Waals surface area contributed by atoms with Gasteiger partial charge in [0, 0.05) is 25.2 Å². The fraction of sp³-hybridized carbons (Fsp3) is 0.368. The molecule has 2 N–H and O–H groups in total. The van der Waals surface area contributed by atoms with Gasteiger partial charge in [-0.2, -0.15) is 4.98 Å². The summed E-state index contributed by atoms with van der Waals surface area (Å²) in [5.74, 6) is 1.26. The van der Waals surface area contributed by atoms with Crippen molar-refractivity contribution in [1.82, 2.24) is 15.0 Å². The Balaban J connectivity index is 1.41. The molecule has 0 saturated heterocycles. The molecule has 142 valence electrons. The number of H-pyrrole nitrogens is 1. The zero-order valence-corrected chi connectivity index (χ0v) is 17.2. The average Bonchev–Trinajstić information content (AvgIpc) is 3.05. The second-order valence-corrected chi connectivity index (χ2v) is 8.12. The van der Waals surface area contributed by atoms with E-state index in [1.807, 2.05) is 19.2 Å². The number of nitrogens with one attached hydrogen (secondary N) is 2. The molecule has 0 saturated carbocycles. The van der Waals surface area contributed by atoms with Gasteiger partial charge in [0.25, 0.3) is 0 Å². The van der Waals surface area contributed by atoms with Crippen LogP contribution < -0.4 is 10.2 Å². The lowest BCUT2D eigenvalue weighted by atomic mass is 9.87. The molecule has 0 unspecified atom stereocenters. The molecule has 0 aliphatic carbocycles. The lowest BCUT2D eigenvalue weighted by Gasteiger charge is -2.28. The summed E-state index contributed by atoms with van der Waals surface area (Å²) in [5.41, 5.74) is 3.79. The van der Waals surface area contributed by atoms with E-state index in [9.17, 15) is 0 Å². The molecule has 4 rings (SSSR count). The van der Waals surface area contributed by atoms with Crippen molar-refractivity contribution in [3.63, 3.8) is 0 Å². The Hall–Kier alpha value is -1.69. The Morgan fingerprint density at radius 1 is 1.19 bits per heavy atom. The summed E-state index contributed by atoms with van der Waals surface area (Å²) in [4.78, 5) is 14.2. The summed E-state index contributed by atoms with van der Waals surface area (Å²) >= 11 is 18.5. The minimum absolute atomic E-state index is 0.449. The number of nitrogens with zero attached hydrogens (tertiary/aromatic N) is 3. The van der Waals surface area contributed by atoms with E-state index in [0.717, 1.165) is 49.5 Å². The molecule has 1 aliphatic heterocycles. The van der Waals surface area contributed by atoms with Gasteiger partial charge >= 0.3 is 0 Å². The van der Waals surface area contributed by atoms with E-state index < -0.39 is 0 Å². The maximum atomic E-state index is 6.34. The van der Waals surface area contributed by atoms with Gasteiger partial charge < -0.3 is 15.2 Å². The smallest absolute Gasteiger partial charge is 0.205 e. The zero-order valence-electron chi connectivity index (χ0n) is 14.9. The normalized spacial score (nSPS) is 16.2. The molecule has 3 heterocycles. The first kappa shape index (κ1) is 18.7. The van der Waals surface area contributed by atoms with E-state index in [0.29, 0.717) is 26.8 Å². The number of hydrogen-bond donors (Lipinski definition) is 2. The SMILES string of the molecule is CN(CCC[C@@H]1CCNc2c(Cl)cc(Cl)cc21)c1nc2nc(Cl)ccc2[nH]1. The number of halogens is 3. The molecule has 5 nitrogen and oxygen atoms in total. The van der Waals surface area contributed by atoms with Crippen molar-refractivity contribution in [2.45, 2.75) is 25.2 Å². The van der Waals surface area contributed by atoms with Crippen LogP contribution >= 0.6 is 34.8 Å². The Bertz CT molecular complexity index is 971. The third-order valence-corrected chi connectivity index (χ3v) is 5.75. The Morgan fingerprint density at radius 2 is 2.04 bits per heavy atom. The minimum Gasteiger partial charge on any atom is -0.384 e. The van der Waals surface area contributed by atoms with Crippen molar-refractivity contribution in [3.8, 4) is 0 Å². The number of aromatic amines is 1. The van der Waals surface area contributed by atoms with Gasteiger partial charge in [0.05, 0.1) is 16.2 Å². The van der Waals surface area contributed by atoms with E-state index in [-0.39, 0.29) is 0 Å². The van der Waals surface area contributed by atoms with Crippen LogP contribution in [0.15, 0.2) is 24.3 Å². The second kappa shape index (κ2) is 7.74. The van der Waals surface area contributed by atoms with Crippen molar-refractivity contribution in [3.05, 3.63) is 45.0 Å². The molecule has 1 aromatic carbocycles. The Labute approximate surface area is 173 Å². The maximum absolute atomic E-state index is 6.34. The van der Waals surface area contributed by atoms with Crippen molar-refractivity contribution in [1.29, 1.82) is 0 Å². The van der Waals surface area contributed by atoms with E-state index in [4.69, 9.17) is 34.8 Å². The first-order valence-electron chi connectivity index (χ1n) is 8.97. The van der Waals surface area contributed by atoms with Gasteiger partial charge in [-0.15, -0.1) is 0 Å². The van der Waals surface area contributed by atoms with Crippen LogP contribution in [0.2, 0.25) is 15.2 Å². The van der Waals surface area contributed by atoms with E-state index in [1.54, 1.807) is 12.1 Å². The topological polar surface area (TPSA) is 56.8 Å². The average molecular weight is 425 g/mol. The molecule has 3 aromatic rings. The lowest BCUT2D eigenvalue weighted by Crippen LogP contribution is -2.22. The monoisotopic (exact) mass is 423 g/mol. The summed E-state index contributed by atoms with van der Waals surface area (Å²) in [5, 5.41) is 5.24. The highest BCUT2D eigenvalue weighted by molar-refractivity contribution is 6.36. The van der Waals surface area contributed by atoms with Crippen molar-refractivity contribution >= 4 is 57.6 Å². The molecular weight excluding hydrogens is 405 g/mol. The van der Waals surface area contributed by atoms with Crippen LogP contribution in [0.4, 0.5) is 11.6 Å². The Kier molecular flexibility index (Phi) is 5.35. The van der Waals surface area contributed by atoms with Gasteiger partial charge in [0.2, 0.25) is 5.95 Å². The van der Waals surface area contributed by atoms with Crippen molar-refractivity contribution in [2.75, 3.05) is 30.4 Å². The predicted molar refractivity (Wildman–Crippen MR) is 114 cm³/mol. The number of imidazole rings is 1. The van der Waals surface area contributed by atoms with Crippen LogP contribution in [0.5, 0.6) is 0 Å².